The molecule has 0 aliphatic rings. The number of nitrogens with two attached hydrogens (primary N) is 1. The lowest BCUT2D eigenvalue weighted by atomic mass is 9.96. The Morgan fingerprint density at radius 1 is 1.24 bits per heavy atom. The number of rotatable bonds is 7. The Labute approximate surface area is 152 Å². The Hall–Kier alpha value is -2.11. The molecule has 3 N–H and O–H groups in total. The Balaban J connectivity index is 1.97. The van der Waals surface area contributed by atoms with Crippen molar-refractivity contribution in [1.82, 2.24) is 0 Å². The fourth-order valence-corrected chi connectivity index (χ4v) is 2.93. The molecular weight excluding hydrogens is 343 g/mol. The normalized spacial score (nSPS) is 12.1. The monoisotopic (exact) mass is 365 g/mol. The SMILES string of the molecule is COc1ccc(NC(=O)C[NH2+][C@H](c2ccc(F)cc2)C(C)C)cc1Cl. The van der Waals surface area contributed by atoms with Crippen molar-refractivity contribution in [2.24, 2.45) is 5.92 Å². The topological polar surface area (TPSA) is 54.9 Å². The summed E-state index contributed by atoms with van der Waals surface area (Å²) < 4.78 is 18.2. The Kier molecular flexibility index (Phi) is 6.79. The summed E-state index contributed by atoms with van der Waals surface area (Å²) in [6, 6.07) is 11.6. The van der Waals surface area contributed by atoms with E-state index in [1.807, 2.05) is 5.32 Å². The summed E-state index contributed by atoms with van der Waals surface area (Å²) in [5, 5.41) is 5.22. The number of amides is 1. The van der Waals surface area contributed by atoms with E-state index in [0.717, 1.165) is 5.56 Å². The van der Waals surface area contributed by atoms with Gasteiger partial charge in [-0.2, -0.15) is 0 Å². The van der Waals surface area contributed by atoms with Crippen molar-refractivity contribution >= 4 is 23.2 Å². The molecule has 1 atom stereocenters. The number of hydrogen-bond donors (Lipinski definition) is 2. The molecule has 0 radical (unpaired) electrons. The summed E-state index contributed by atoms with van der Waals surface area (Å²) in [6.45, 7) is 4.40. The van der Waals surface area contributed by atoms with Crippen LogP contribution in [0.25, 0.3) is 0 Å². The van der Waals surface area contributed by atoms with E-state index in [9.17, 15) is 9.18 Å². The zero-order chi connectivity index (χ0) is 18.4. The maximum atomic E-state index is 13.1. The van der Waals surface area contributed by atoms with Gasteiger partial charge in [0.25, 0.3) is 5.91 Å². The lowest BCUT2D eigenvalue weighted by Gasteiger charge is -2.19. The standard InChI is InChI=1S/C19H22ClFN2O2/c1-12(2)19(13-4-6-14(21)7-5-13)22-11-18(24)23-15-8-9-17(25-3)16(20)10-15/h4-10,12,19,22H,11H2,1-3H3,(H,23,24)/p+1/t19-/m0/s1. The zero-order valence-electron chi connectivity index (χ0n) is 14.6. The van der Waals surface area contributed by atoms with Gasteiger partial charge in [-0.05, 0) is 30.3 Å². The molecule has 2 aromatic rings. The van der Waals surface area contributed by atoms with Crippen LogP contribution in [-0.4, -0.2) is 19.6 Å². The van der Waals surface area contributed by atoms with Crippen molar-refractivity contribution in [2.45, 2.75) is 19.9 Å². The van der Waals surface area contributed by atoms with Gasteiger partial charge in [0.1, 0.15) is 17.6 Å². The van der Waals surface area contributed by atoms with Crippen LogP contribution in [0.3, 0.4) is 0 Å². The number of quaternary nitrogens is 1. The molecule has 2 rings (SSSR count). The minimum absolute atomic E-state index is 0.0748. The third-order valence-corrected chi connectivity index (χ3v) is 4.26. The van der Waals surface area contributed by atoms with Crippen LogP contribution >= 0.6 is 11.6 Å². The summed E-state index contributed by atoms with van der Waals surface area (Å²) in [4.78, 5) is 12.2. The molecule has 1 amide bonds. The third kappa shape index (κ3) is 5.44. The van der Waals surface area contributed by atoms with Crippen LogP contribution in [0, 0.1) is 11.7 Å². The van der Waals surface area contributed by atoms with Crippen LogP contribution in [0.2, 0.25) is 5.02 Å². The van der Waals surface area contributed by atoms with Crippen molar-refractivity contribution in [1.29, 1.82) is 0 Å². The minimum atomic E-state index is -0.264. The van der Waals surface area contributed by atoms with Crippen LogP contribution in [-0.2, 0) is 4.79 Å². The summed E-state index contributed by atoms with van der Waals surface area (Å²) in [7, 11) is 1.54. The first-order valence-corrected chi connectivity index (χ1v) is 8.50. The van der Waals surface area contributed by atoms with E-state index in [2.05, 4.69) is 19.2 Å². The lowest BCUT2D eigenvalue weighted by molar-refractivity contribution is -0.692. The number of carbonyl (C=O) groups excluding carboxylic acids is 1. The predicted octanol–water partition coefficient (Wildman–Crippen LogP) is 3.39. The highest BCUT2D eigenvalue weighted by molar-refractivity contribution is 6.32. The van der Waals surface area contributed by atoms with Gasteiger partial charge in [-0.25, -0.2) is 4.39 Å². The van der Waals surface area contributed by atoms with Crippen molar-refractivity contribution in [3.63, 3.8) is 0 Å². The molecule has 0 saturated carbocycles. The highest BCUT2D eigenvalue weighted by atomic mass is 35.5. The van der Waals surface area contributed by atoms with Gasteiger partial charge in [-0.15, -0.1) is 0 Å². The maximum Gasteiger partial charge on any atom is 0.279 e. The quantitative estimate of drug-likeness (QED) is 0.790. The molecule has 0 heterocycles. The highest BCUT2D eigenvalue weighted by Gasteiger charge is 2.20. The van der Waals surface area contributed by atoms with Crippen LogP contribution in [0.1, 0.15) is 25.5 Å². The second-order valence-corrected chi connectivity index (χ2v) is 6.57. The van der Waals surface area contributed by atoms with E-state index in [0.29, 0.717) is 22.4 Å². The van der Waals surface area contributed by atoms with Gasteiger partial charge in [-0.3, -0.25) is 4.79 Å². The molecule has 0 fully saturated rings. The van der Waals surface area contributed by atoms with Crippen molar-refractivity contribution in [2.75, 3.05) is 19.0 Å². The molecule has 25 heavy (non-hydrogen) atoms. The van der Waals surface area contributed by atoms with E-state index in [1.165, 1.54) is 19.2 Å². The van der Waals surface area contributed by atoms with E-state index >= 15 is 0 Å². The number of hydrogen-bond acceptors (Lipinski definition) is 2. The van der Waals surface area contributed by atoms with Crippen LogP contribution in [0.15, 0.2) is 42.5 Å². The Morgan fingerprint density at radius 2 is 1.92 bits per heavy atom. The molecule has 0 unspecified atom stereocenters. The molecular formula is C19H23ClFN2O2+. The summed E-state index contributed by atoms with van der Waals surface area (Å²) in [5.41, 5.74) is 1.61. The number of anilines is 1. The molecule has 6 heteroatoms. The van der Waals surface area contributed by atoms with Crippen LogP contribution < -0.4 is 15.4 Å². The highest BCUT2D eigenvalue weighted by Crippen LogP contribution is 2.27. The first-order valence-electron chi connectivity index (χ1n) is 8.13. The van der Waals surface area contributed by atoms with Gasteiger partial charge in [0, 0.05) is 17.2 Å². The minimum Gasteiger partial charge on any atom is -0.495 e. The molecule has 0 aliphatic heterocycles. The third-order valence-electron chi connectivity index (χ3n) is 3.97. The molecule has 0 aromatic heterocycles. The van der Waals surface area contributed by atoms with Gasteiger partial charge in [0.15, 0.2) is 6.54 Å². The zero-order valence-corrected chi connectivity index (χ0v) is 15.3. The number of halogens is 2. The number of ether oxygens (including phenoxy) is 1. The summed E-state index contributed by atoms with van der Waals surface area (Å²) in [5.74, 6) is 0.463. The average molecular weight is 366 g/mol. The lowest BCUT2D eigenvalue weighted by Crippen LogP contribution is -2.88. The van der Waals surface area contributed by atoms with Gasteiger partial charge >= 0.3 is 0 Å². The van der Waals surface area contributed by atoms with E-state index in [1.54, 1.807) is 30.3 Å². The van der Waals surface area contributed by atoms with Crippen molar-refractivity contribution in [3.8, 4) is 5.75 Å². The summed E-state index contributed by atoms with van der Waals surface area (Å²) >= 11 is 6.06. The molecule has 0 aliphatic carbocycles. The van der Waals surface area contributed by atoms with Gasteiger partial charge < -0.3 is 15.4 Å². The number of benzene rings is 2. The summed E-state index contributed by atoms with van der Waals surface area (Å²) in [6.07, 6.45) is 0. The van der Waals surface area contributed by atoms with Gasteiger partial charge in [-0.1, -0.05) is 37.6 Å². The largest absolute Gasteiger partial charge is 0.495 e. The molecule has 2 aromatic carbocycles. The van der Waals surface area contributed by atoms with Crippen LogP contribution in [0.5, 0.6) is 5.75 Å². The second-order valence-electron chi connectivity index (χ2n) is 6.16. The van der Waals surface area contributed by atoms with E-state index in [-0.39, 0.29) is 24.3 Å². The maximum absolute atomic E-state index is 13.1. The van der Waals surface area contributed by atoms with E-state index < -0.39 is 0 Å². The van der Waals surface area contributed by atoms with Crippen molar-refractivity contribution < 1.29 is 19.2 Å². The first kappa shape index (κ1) is 19.2. The molecule has 0 bridgehead atoms. The first-order chi connectivity index (χ1) is 11.9. The second kappa shape index (κ2) is 8.83. The Morgan fingerprint density at radius 3 is 2.48 bits per heavy atom. The molecule has 134 valence electrons. The number of nitrogens with one attached hydrogen (secondary N) is 1. The average Bonchev–Trinajstić information content (AvgIpc) is 2.56. The Bertz CT molecular complexity index is 720. The predicted molar refractivity (Wildman–Crippen MR) is 97.4 cm³/mol. The van der Waals surface area contributed by atoms with Crippen molar-refractivity contribution in [3.05, 3.63) is 58.9 Å². The molecule has 0 spiro atoms. The molecule has 0 saturated heterocycles. The number of methoxy groups -OCH3 is 1. The number of carbonyl (C=O) groups is 1. The smallest absolute Gasteiger partial charge is 0.279 e. The van der Waals surface area contributed by atoms with E-state index in [4.69, 9.17) is 16.3 Å². The van der Waals surface area contributed by atoms with Crippen LogP contribution in [0.4, 0.5) is 10.1 Å². The van der Waals surface area contributed by atoms with Gasteiger partial charge in [0.05, 0.1) is 12.1 Å². The molecule has 4 nitrogen and oxygen atoms in total. The fraction of sp³-hybridized carbons (Fsp3) is 0.316. The fourth-order valence-electron chi connectivity index (χ4n) is 2.67. The van der Waals surface area contributed by atoms with Gasteiger partial charge in [0.2, 0.25) is 0 Å².